The molecule has 2 aromatic carbocycles. The molecule has 1 aliphatic rings. The maximum atomic E-state index is 5.96. The number of ether oxygens (including phenoxy) is 2. The van der Waals surface area contributed by atoms with E-state index in [-0.39, 0.29) is 0 Å². The molecule has 1 aromatic heterocycles. The summed E-state index contributed by atoms with van der Waals surface area (Å²) in [6, 6.07) is 18.6. The van der Waals surface area contributed by atoms with Crippen LogP contribution in [-0.2, 0) is 0 Å². The minimum Gasteiger partial charge on any atom is -0.497 e. The molecule has 0 unspecified atom stereocenters. The van der Waals surface area contributed by atoms with Gasteiger partial charge < -0.3 is 14.5 Å². The van der Waals surface area contributed by atoms with Gasteiger partial charge in [-0.2, -0.15) is 0 Å². The average Bonchev–Trinajstić information content (AvgIpc) is 3.25. The third kappa shape index (κ3) is 4.39. The van der Waals surface area contributed by atoms with E-state index in [4.69, 9.17) is 9.47 Å². The molecule has 1 saturated heterocycles. The van der Waals surface area contributed by atoms with E-state index in [1.165, 1.54) is 43.5 Å². The van der Waals surface area contributed by atoms with Gasteiger partial charge in [0.1, 0.15) is 18.1 Å². The number of hydrogen-bond donors (Lipinski definition) is 1. The summed E-state index contributed by atoms with van der Waals surface area (Å²) >= 11 is 0. The van der Waals surface area contributed by atoms with Crippen LogP contribution in [0.5, 0.6) is 11.5 Å². The standard InChI is InChI=1S/C24H28N2O2/c1-27-21-9-7-20(8-10-21)24-23(13-14-25-24)19-5-11-22(12-6-19)28-18-17-26-15-3-2-4-16-26/h5-14,25H,2-4,15-18H2,1H3. The summed E-state index contributed by atoms with van der Waals surface area (Å²) in [6.07, 6.45) is 6.00. The summed E-state index contributed by atoms with van der Waals surface area (Å²) in [5.74, 6) is 1.80. The summed E-state index contributed by atoms with van der Waals surface area (Å²) in [5.41, 5.74) is 4.62. The van der Waals surface area contributed by atoms with Crippen molar-refractivity contribution >= 4 is 0 Å². The highest BCUT2D eigenvalue weighted by Crippen LogP contribution is 2.32. The monoisotopic (exact) mass is 376 g/mol. The Morgan fingerprint density at radius 2 is 1.50 bits per heavy atom. The van der Waals surface area contributed by atoms with E-state index in [9.17, 15) is 0 Å². The van der Waals surface area contributed by atoms with Crippen molar-refractivity contribution in [2.24, 2.45) is 0 Å². The molecule has 1 fully saturated rings. The molecule has 4 heteroatoms. The Kier molecular flexibility index (Phi) is 5.98. The number of hydrogen-bond acceptors (Lipinski definition) is 3. The van der Waals surface area contributed by atoms with Crippen LogP contribution in [0.4, 0.5) is 0 Å². The lowest BCUT2D eigenvalue weighted by Crippen LogP contribution is -2.33. The molecule has 28 heavy (non-hydrogen) atoms. The molecule has 3 aromatic rings. The van der Waals surface area contributed by atoms with Crippen LogP contribution in [0.3, 0.4) is 0 Å². The predicted molar refractivity (Wildman–Crippen MR) is 114 cm³/mol. The number of methoxy groups -OCH3 is 1. The van der Waals surface area contributed by atoms with E-state index < -0.39 is 0 Å². The Morgan fingerprint density at radius 1 is 0.821 bits per heavy atom. The lowest BCUT2D eigenvalue weighted by atomic mass is 10.0. The number of likely N-dealkylation sites (tertiary alicyclic amines) is 1. The SMILES string of the molecule is COc1ccc(-c2[nH]ccc2-c2ccc(OCCN3CCCCC3)cc2)cc1. The van der Waals surface area contributed by atoms with Crippen LogP contribution in [0.15, 0.2) is 60.8 Å². The first-order valence-electron chi connectivity index (χ1n) is 10.1. The number of rotatable bonds is 7. The molecule has 0 atom stereocenters. The summed E-state index contributed by atoms with van der Waals surface area (Å²) in [6.45, 7) is 4.19. The molecule has 1 N–H and O–H groups in total. The summed E-state index contributed by atoms with van der Waals surface area (Å²) in [4.78, 5) is 5.86. The third-order valence-corrected chi connectivity index (χ3v) is 5.42. The minimum atomic E-state index is 0.751. The van der Waals surface area contributed by atoms with Crippen molar-refractivity contribution in [1.82, 2.24) is 9.88 Å². The van der Waals surface area contributed by atoms with Gasteiger partial charge in [-0.15, -0.1) is 0 Å². The Balaban J connectivity index is 1.40. The summed E-state index contributed by atoms with van der Waals surface area (Å²) in [7, 11) is 1.69. The highest BCUT2D eigenvalue weighted by molar-refractivity contribution is 5.81. The van der Waals surface area contributed by atoms with E-state index in [0.29, 0.717) is 0 Å². The fourth-order valence-electron chi connectivity index (χ4n) is 3.81. The number of H-pyrrole nitrogens is 1. The highest BCUT2D eigenvalue weighted by atomic mass is 16.5. The molecular formula is C24H28N2O2. The number of piperidine rings is 1. The lowest BCUT2D eigenvalue weighted by Gasteiger charge is -2.26. The summed E-state index contributed by atoms with van der Waals surface area (Å²) < 4.78 is 11.2. The fraction of sp³-hybridized carbons (Fsp3) is 0.333. The second-order valence-electron chi connectivity index (χ2n) is 7.27. The van der Waals surface area contributed by atoms with Gasteiger partial charge in [0.15, 0.2) is 0 Å². The van der Waals surface area contributed by atoms with Crippen LogP contribution < -0.4 is 9.47 Å². The van der Waals surface area contributed by atoms with Gasteiger partial charge >= 0.3 is 0 Å². The average molecular weight is 377 g/mol. The molecule has 0 aliphatic carbocycles. The number of nitrogens with one attached hydrogen (secondary N) is 1. The van der Waals surface area contributed by atoms with Crippen LogP contribution in [0.2, 0.25) is 0 Å². The first-order valence-corrected chi connectivity index (χ1v) is 10.1. The van der Waals surface area contributed by atoms with Crippen molar-refractivity contribution < 1.29 is 9.47 Å². The fourth-order valence-corrected chi connectivity index (χ4v) is 3.81. The second kappa shape index (κ2) is 8.98. The molecule has 0 saturated carbocycles. The quantitative estimate of drug-likeness (QED) is 0.614. The number of benzene rings is 2. The smallest absolute Gasteiger partial charge is 0.119 e. The maximum Gasteiger partial charge on any atom is 0.119 e. The van der Waals surface area contributed by atoms with Gasteiger partial charge in [-0.3, -0.25) is 4.90 Å². The normalized spacial score (nSPS) is 14.8. The van der Waals surface area contributed by atoms with Gasteiger partial charge in [0.25, 0.3) is 0 Å². The number of nitrogens with zero attached hydrogens (tertiary/aromatic N) is 1. The van der Waals surface area contributed by atoms with Crippen molar-refractivity contribution in [3.63, 3.8) is 0 Å². The van der Waals surface area contributed by atoms with Crippen LogP contribution in [0, 0.1) is 0 Å². The van der Waals surface area contributed by atoms with E-state index in [2.05, 4.69) is 52.3 Å². The van der Waals surface area contributed by atoms with Gasteiger partial charge in [0.05, 0.1) is 12.8 Å². The molecule has 1 aliphatic heterocycles. The zero-order valence-corrected chi connectivity index (χ0v) is 16.5. The van der Waals surface area contributed by atoms with Crippen LogP contribution in [0.1, 0.15) is 19.3 Å². The van der Waals surface area contributed by atoms with E-state index in [0.717, 1.165) is 35.9 Å². The zero-order chi connectivity index (χ0) is 19.2. The Morgan fingerprint density at radius 3 is 2.21 bits per heavy atom. The van der Waals surface area contributed by atoms with Gasteiger partial charge in [-0.05, 0) is 79.5 Å². The topological polar surface area (TPSA) is 37.5 Å². The summed E-state index contributed by atoms with van der Waals surface area (Å²) in [5, 5.41) is 0. The van der Waals surface area contributed by atoms with Crippen LogP contribution in [-0.4, -0.2) is 43.2 Å². The van der Waals surface area contributed by atoms with E-state index in [1.54, 1.807) is 7.11 Å². The zero-order valence-electron chi connectivity index (χ0n) is 16.5. The molecule has 4 nitrogen and oxygen atoms in total. The molecule has 146 valence electrons. The van der Waals surface area contributed by atoms with Crippen molar-refractivity contribution in [2.45, 2.75) is 19.3 Å². The Bertz CT molecular complexity index is 862. The van der Waals surface area contributed by atoms with Crippen LogP contribution in [0.25, 0.3) is 22.4 Å². The maximum absolute atomic E-state index is 5.96. The van der Waals surface area contributed by atoms with E-state index >= 15 is 0 Å². The lowest BCUT2D eigenvalue weighted by molar-refractivity contribution is 0.183. The van der Waals surface area contributed by atoms with Crippen molar-refractivity contribution in [3.05, 3.63) is 60.8 Å². The Hall–Kier alpha value is -2.72. The van der Waals surface area contributed by atoms with Gasteiger partial charge in [0.2, 0.25) is 0 Å². The molecule has 4 rings (SSSR count). The molecule has 2 heterocycles. The molecular weight excluding hydrogens is 348 g/mol. The molecule has 0 spiro atoms. The third-order valence-electron chi connectivity index (χ3n) is 5.42. The van der Waals surface area contributed by atoms with Crippen molar-refractivity contribution in [1.29, 1.82) is 0 Å². The van der Waals surface area contributed by atoms with Gasteiger partial charge in [0, 0.05) is 18.3 Å². The molecule has 0 bridgehead atoms. The molecule has 0 amide bonds. The van der Waals surface area contributed by atoms with E-state index in [1.807, 2.05) is 18.3 Å². The van der Waals surface area contributed by atoms with Gasteiger partial charge in [-0.1, -0.05) is 18.6 Å². The van der Waals surface area contributed by atoms with Gasteiger partial charge in [-0.25, -0.2) is 0 Å². The second-order valence-corrected chi connectivity index (χ2v) is 7.27. The predicted octanol–water partition coefficient (Wildman–Crippen LogP) is 5.22. The highest BCUT2D eigenvalue weighted by Gasteiger charge is 2.11. The first-order chi connectivity index (χ1) is 13.8. The Labute approximate surface area is 167 Å². The van der Waals surface area contributed by atoms with Crippen molar-refractivity contribution in [2.75, 3.05) is 33.4 Å². The number of aromatic nitrogens is 1. The van der Waals surface area contributed by atoms with Crippen LogP contribution >= 0.6 is 0 Å². The molecule has 0 radical (unpaired) electrons. The largest absolute Gasteiger partial charge is 0.497 e. The first kappa shape index (κ1) is 18.6. The minimum absolute atomic E-state index is 0.751. The van der Waals surface area contributed by atoms with Crippen molar-refractivity contribution in [3.8, 4) is 33.9 Å². The number of aromatic amines is 1.